The molecule has 0 fully saturated rings. The number of nitrogens with zero attached hydrogens (tertiary/aromatic N) is 3. The van der Waals surface area contributed by atoms with E-state index in [0.717, 1.165) is 31.0 Å². The van der Waals surface area contributed by atoms with E-state index >= 15 is 0 Å². The number of carboxylic acid groups (broad SMARTS) is 1. The maximum Gasteiger partial charge on any atom is 0.313 e. The number of aryl methyl sites for hydroxylation is 1. The molecular formula is C19H27N3O3S. The van der Waals surface area contributed by atoms with Crippen molar-refractivity contribution in [3.05, 3.63) is 35.7 Å². The van der Waals surface area contributed by atoms with Gasteiger partial charge in [0.25, 0.3) is 0 Å². The summed E-state index contributed by atoms with van der Waals surface area (Å²) >= 11 is 1.20. The molecule has 0 amide bonds. The van der Waals surface area contributed by atoms with Gasteiger partial charge in [0.15, 0.2) is 5.16 Å². The number of aromatic nitrogens is 3. The van der Waals surface area contributed by atoms with Gasteiger partial charge < -0.3 is 14.4 Å². The Labute approximate surface area is 159 Å². The molecule has 0 saturated carbocycles. The number of hydrogen-bond acceptors (Lipinski definition) is 5. The Bertz CT molecular complexity index is 721. The lowest BCUT2D eigenvalue weighted by Gasteiger charge is -2.19. The second kappa shape index (κ2) is 9.07. The van der Waals surface area contributed by atoms with E-state index in [1.54, 1.807) is 0 Å². The molecule has 0 aliphatic carbocycles. The van der Waals surface area contributed by atoms with Crippen LogP contribution < -0.4 is 4.74 Å². The van der Waals surface area contributed by atoms with Crippen molar-refractivity contribution < 1.29 is 14.6 Å². The predicted octanol–water partition coefficient (Wildman–Crippen LogP) is 3.78. The first-order valence-corrected chi connectivity index (χ1v) is 9.80. The van der Waals surface area contributed by atoms with Crippen molar-refractivity contribution in [2.75, 3.05) is 12.4 Å². The minimum atomic E-state index is -0.854. The van der Waals surface area contributed by atoms with E-state index in [1.807, 2.05) is 23.6 Å². The fourth-order valence-electron chi connectivity index (χ4n) is 2.53. The molecule has 7 heteroatoms. The molecule has 1 heterocycles. The molecule has 0 radical (unpaired) electrons. The van der Waals surface area contributed by atoms with Crippen LogP contribution in [0.25, 0.3) is 0 Å². The molecule has 142 valence electrons. The van der Waals surface area contributed by atoms with Gasteiger partial charge in [0, 0.05) is 13.0 Å². The lowest BCUT2D eigenvalue weighted by Crippen LogP contribution is -2.10. The van der Waals surface area contributed by atoms with Crippen molar-refractivity contribution in [1.29, 1.82) is 0 Å². The average molecular weight is 378 g/mol. The summed E-state index contributed by atoms with van der Waals surface area (Å²) in [4.78, 5) is 10.7. The third-order valence-corrected chi connectivity index (χ3v) is 4.92. The van der Waals surface area contributed by atoms with Gasteiger partial charge in [-0.05, 0) is 36.5 Å². The molecule has 0 bridgehead atoms. The van der Waals surface area contributed by atoms with E-state index < -0.39 is 5.97 Å². The SMILES string of the molecule is CCn1c(CCCOc2ccc(C(C)(C)C)cc2)nnc1SCC(=O)O. The maximum absolute atomic E-state index is 10.7. The molecule has 1 N–H and O–H groups in total. The smallest absolute Gasteiger partial charge is 0.313 e. The van der Waals surface area contributed by atoms with Crippen molar-refractivity contribution in [3.63, 3.8) is 0 Å². The molecular weight excluding hydrogens is 350 g/mol. The maximum atomic E-state index is 10.7. The molecule has 0 saturated heterocycles. The second-order valence-electron chi connectivity index (χ2n) is 7.05. The van der Waals surface area contributed by atoms with E-state index in [4.69, 9.17) is 9.84 Å². The molecule has 0 aliphatic rings. The molecule has 0 spiro atoms. The van der Waals surface area contributed by atoms with Crippen LogP contribution in [0.3, 0.4) is 0 Å². The first-order valence-electron chi connectivity index (χ1n) is 8.81. The highest BCUT2D eigenvalue weighted by Crippen LogP contribution is 2.24. The number of aliphatic carboxylic acids is 1. The molecule has 1 aromatic heterocycles. The summed E-state index contributed by atoms with van der Waals surface area (Å²) in [5.41, 5.74) is 1.42. The molecule has 0 unspecified atom stereocenters. The van der Waals surface area contributed by atoms with Crippen molar-refractivity contribution in [2.24, 2.45) is 0 Å². The quantitative estimate of drug-likeness (QED) is 0.529. The van der Waals surface area contributed by atoms with Crippen LogP contribution in [-0.2, 0) is 23.2 Å². The second-order valence-corrected chi connectivity index (χ2v) is 7.99. The third-order valence-electron chi connectivity index (χ3n) is 3.97. The molecule has 1 aromatic carbocycles. The summed E-state index contributed by atoms with van der Waals surface area (Å²) in [6.45, 7) is 9.90. The Morgan fingerprint density at radius 3 is 2.50 bits per heavy atom. The Hall–Kier alpha value is -2.02. The van der Waals surface area contributed by atoms with Gasteiger partial charge in [-0.2, -0.15) is 0 Å². The van der Waals surface area contributed by atoms with E-state index in [2.05, 4.69) is 43.1 Å². The summed E-state index contributed by atoms with van der Waals surface area (Å²) in [6.07, 6.45) is 1.57. The fraction of sp³-hybridized carbons (Fsp3) is 0.526. The van der Waals surface area contributed by atoms with E-state index in [-0.39, 0.29) is 11.2 Å². The van der Waals surface area contributed by atoms with Gasteiger partial charge in [-0.1, -0.05) is 44.7 Å². The lowest BCUT2D eigenvalue weighted by molar-refractivity contribution is -0.133. The number of carbonyl (C=O) groups is 1. The lowest BCUT2D eigenvalue weighted by atomic mass is 9.87. The molecule has 6 nitrogen and oxygen atoms in total. The number of benzene rings is 1. The zero-order chi connectivity index (χ0) is 19.2. The topological polar surface area (TPSA) is 77.2 Å². The van der Waals surface area contributed by atoms with Crippen molar-refractivity contribution in [3.8, 4) is 5.75 Å². The normalized spacial score (nSPS) is 11.5. The van der Waals surface area contributed by atoms with Gasteiger partial charge in [-0.15, -0.1) is 10.2 Å². The average Bonchev–Trinajstić information content (AvgIpc) is 2.98. The number of ether oxygens (including phenoxy) is 1. The highest BCUT2D eigenvalue weighted by Gasteiger charge is 2.14. The van der Waals surface area contributed by atoms with Gasteiger partial charge >= 0.3 is 5.97 Å². The molecule has 26 heavy (non-hydrogen) atoms. The largest absolute Gasteiger partial charge is 0.494 e. The van der Waals surface area contributed by atoms with Crippen LogP contribution in [0.4, 0.5) is 0 Å². The van der Waals surface area contributed by atoms with Crippen LogP contribution in [0.15, 0.2) is 29.4 Å². The van der Waals surface area contributed by atoms with Crippen molar-refractivity contribution >= 4 is 17.7 Å². The summed E-state index contributed by atoms with van der Waals surface area (Å²) < 4.78 is 7.78. The molecule has 0 aliphatic heterocycles. The van der Waals surface area contributed by atoms with E-state index in [1.165, 1.54) is 17.3 Å². The first-order chi connectivity index (χ1) is 12.3. The Kier molecular flexibility index (Phi) is 7.08. The number of thioether (sulfide) groups is 1. The molecule has 2 aromatic rings. The molecule has 2 rings (SSSR count). The molecule has 0 atom stereocenters. The van der Waals surface area contributed by atoms with Crippen molar-refractivity contribution in [2.45, 2.75) is 57.7 Å². The summed E-state index contributed by atoms with van der Waals surface area (Å²) in [6, 6.07) is 8.23. The van der Waals surface area contributed by atoms with Crippen LogP contribution in [0.5, 0.6) is 5.75 Å². The van der Waals surface area contributed by atoms with Crippen LogP contribution in [0, 0.1) is 0 Å². The first kappa shape index (κ1) is 20.3. The highest BCUT2D eigenvalue weighted by atomic mass is 32.2. The van der Waals surface area contributed by atoms with Crippen LogP contribution in [0.1, 0.15) is 45.5 Å². The predicted molar refractivity (Wildman–Crippen MR) is 103 cm³/mol. The van der Waals surface area contributed by atoms with Gasteiger partial charge in [0.05, 0.1) is 12.4 Å². The summed E-state index contributed by atoms with van der Waals surface area (Å²) in [5, 5.41) is 17.7. The van der Waals surface area contributed by atoms with Crippen molar-refractivity contribution in [1.82, 2.24) is 14.8 Å². The van der Waals surface area contributed by atoms with Gasteiger partial charge in [-0.25, -0.2) is 0 Å². The minimum absolute atomic E-state index is 0.00813. The zero-order valence-electron chi connectivity index (χ0n) is 15.9. The highest BCUT2D eigenvalue weighted by molar-refractivity contribution is 7.99. The zero-order valence-corrected chi connectivity index (χ0v) is 16.7. The third kappa shape index (κ3) is 5.76. The van der Waals surface area contributed by atoms with Crippen LogP contribution in [0.2, 0.25) is 0 Å². The van der Waals surface area contributed by atoms with Gasteiger partial charge in [0.2, 0.25) is 0 Å². The van der Waals surface area contributed by atoms with Gasteiger partial charge in [-0.3, -0.25) is 4.79 Å². The minimum Gasteiger partial charge on any atom is -0.494 e. The van der Waals surface area contributed by atoms with Crippen LogP contribution in [-0.4, -0.2) is 38.2 Å². The van der Waals surface area contributed by atoms with E-state index in [0.29, 0.717) is 11.8 Å². The Balaban J connectivity index is 1.83. The van der Waals surface area contributed by atoms with Gasteiger partial charge in [0.1, 0.15) is 11.6 Å². The Morgan fingerprint density at radius 1 is 1.23 bits per heavy atom. The summed E-state index contributed by atoms with van der Waals surface area (Å²) in [5.74, 6) is 0.874. The van der Waals surface area contributed by atoms with E-state index in [9.17, 15) is 4.79 Å². The number of rotatable bonds is 9. The standard InChI is InChI=1S/C19H27N3O3S/c1-5-22-16(20-21-18(22)26-13-17(23)24)7-6-12-25-15-10-8-14(9-11-15)19(2,3)4/h8-11H,5-7,12-13H2,1-4H3,(H,23,24). The Morgan fingerprint density at radius 2 is 1.92 bits per heavy atom. The summed E-state index contributed by atoms with van der Waals surface area (Å²) in [7, 11) is 0. The fourth-order valence-corrected chi connectivity index (χ4v) is 3.27. The number of hydrogen-bond donors (Lipinski definition) is 1. The van der Waals surface area contributed by atoms with Crippen LogP contribution >= 0.6 is 11.8 Å². The number of carboxylic acids is 1. The monoisotopic (exact) mass is 377 g/mol.